The van der Waals surface area contributed by atoms with Gasteiger partial charge in [-0.2, -0.15) is 10.1 Å². The van der Waals surface area contributed by atoms with E-state index >= 15 is 0 Å². The van der Waals surface area contributed by atoms with Crippen LogP contribution >= 0.6 is 0 Å². The van der Waals surface area contributed by atoms with Gasteiger partial charge >= 0.3 is 0 Å². The molecule has 7 heteroatoms. The first-order valence-electron chi connectivity index (χ1n) is 11.0. The molecule has 1 amide bonds. The van der Waals surface area contributed by atoms with Crippen molar-refractivity contribution in [3.05, 3.63) is 59.6 Å². The average molecular weight is 404 g/mol. The molecule has 0 N–H and O–H groups in total. The van der Waals surface area contributed by atoms with E-state index in [0.717, 1.165) is 0 Å². The molecule has 2 aromatic rings. The third-order valence-electron chi connectivity index (χ3n) is 4.63. The van der Waals surface area contributed by atoms with Crippen molar-refractivity contribution in [1.29, 1.82) is 0 Å². The summed E-state index contributed by atoms with van der Waals surface area (Å²) in [7, 11) is 1.20. The highest BCUT2D eigenvalue weighted by Crippen LogP contribution is 2.32. The SMILES string of the molecule is [2H]c1c([2H])c(N2N=C(C)C(C(=O)Cc3cccc(C(F)(F)CC)c3)C2=O)c([2H])c([2H])c1OC. The summed E-state index contributed by atoms with van der Waals surface area (Å²) in [5, 5.41) is 4.72. The highest BCUT2D eigenvalue weighted by molar-refractivity contribution is 6.27. The van der Waals surface area contributed by atoms with Crippen LogP contribution in [0.4, 0.5) is 14.5 Å². The number of hydrogen-bond donors (Lipinski definition) is 0. The second-order valence-corrected chi connectivity index (χ2v) is 6.61. The summed E-state index contributed by atoms with van der Waals surface area (Å²) in [6.07, 6.45) is -0.683. The van der Waals surface area contributed by atoms with Gasteiger partial charge in [-0.15, -0.1) is 0 Å². The van der Waals surface area contributed by atoms with Crippen molar-refractivity contribution in [2.24, 2.45) is 11.0 Å². The number of ether oxygens (including phenoxy) is 1. The van der Waals surface area contributed by atoms with E-state index in [1.165, 1.54) is 45.2 Å². The fraction of sp³-hybridized carbons (Fsp3) is 0.318. The zero-order chi connectivity index (χ0) is 24.7. The van der Waals surface area contributed by atoms with E-state index in [-0.39, 0.29) is 23.4 Å². The molecular weight excluding hydrogens is 378 g/mol. The van der Waals surface area contributed by atoms with Gasteiger partial charge in [0.15, 0.2) is 5.78 Å². The molecule has 0 aromatic heterocycles. The quantitative estimate of drug-likeness (QED) is 0.645. The number of benzene rings is 2. The maximum absolute atomic E-state index is 14.0. The summed E-state index contributed by atoms with van der Waals surface area (Å²) in [6, 6.07) is 3.39. The number of carbonyl (C=O) groups is 2. The Kier molecular flexibility index (Phi) is 4.41. The number of methoxy groups -OCH3 is 1. The zero-order valence-corrected chi connectivity index (χ0v) is 16.2. The number of carbonyl (C=O) groups excluding carboxylic acids is 2. The molecular formula is C22H22F2N2O3. The number of hydrazone groups is 1. The number of nitrogens with zero attached hydrogens (tertiary/aromatic N) is 2. The molecule has 152 valence electrons. The molecule has 0 saturated heterocycles. The van der Waals surface area contributed by atoms with Crippen LogP contribution in [0.15, 0.2) is 53.5 Å². The van der Waals surface area contributed by atoms with Gasteiger partial charge in [0.2, 0.25) is 0 Å². The molecule has 29 heavy (non-hydrogen) atoms. The lowest BCUT2D eigenvalue weighted by Gasteiger charge is -2.16. The van der Waals surface area contributed by atoms with Crippen molar-refractivity contribution < 1.29 is 28.6 Å². The van der Waals surface area contributed by atoms with E-state index in [1.807, 2.05) is 0 Å². The van der Waals surface area contributed by atoms with Crippen molar-refractivity contribution in [2.45, 2.75) is 32.6 Å². The highest BCUT2D eigenvalue weighted by Gasteiger charge is 2.39. The normalized spacial score (nSPS) is 18.7. The Labute approximate surface area is 173 Å². The molecule has 0 spiro atoms. The Morgan fingerprint density at radius 3 is 2.62 bits per heavy atom. The van der Waals surface area contributed by atoms with Gasteiger partial charge in [0, 0.05) is 18.4 Å². The third-order valence-corrected chi connectivity index (χ3v) is 4.63. The van der Waals surface area contributed by atoms with Crippen LogP contribution in [-0.2, 0) is 21.9 Å². The van der Waals surface area contributed by atoms with Crippen molar-refractivity contribution in [1.82, 2.24) is 0 Å². The van der Waals surface area contributed by atoms with Gasteiger partial charge in [-0.3, -0.25) is 9.59 Å². The number of ketones is 1. The number of amides is 1. The summed E-state index contributed by atoms with van der Waals surface area (Å²) in [6.45, 7) is 2.79. The Bertz CT molecular complexity index is 1140. The minimum absolute atomic E-state index is 0.104. The minimum atomic E-state index is -3.04. The number of alkyl halides is 2. The monoisotopic (exact) mass is 404 g/mol. The minimum Gasteiger partial charge on any atom is -0.497 e. The van der Waals surface area contributed by atoms with E-state index in [4.69, 9.17) is 10.2 Å². The van der Waals surface area contributed by atoms with Crippen LogP contribution in [0.3, 0.4) is 0 Å². The van der Waals surface area contributed by atoms with Gasteiger partial charge in [-0.05, 0) is 42.7 Å². The maximum atomic E-state index is 14.0. The van der Waals surface area contributed by atoms with Crippen molar-refractivity contribution in [3.63, 3.8) is 0 Å². The summed E-state index contributed by atoms with van der Waals surface area (Å²) < 4.78 is 65.3. The summed E-state index contributed by atoms with van der Waals surface area (Å²) in [5.74, 6) is -6.06. The van der Waals surface area contributed by atoms with E-state index in [0.29, 0.717) is 10.6 Å². The van der Waals surface area contributed by atoms with Crippen molar-refractivity contribution in [2.75, 3.05) is 12.1 Å². The number of Topliss-reactive ketones (excluding diaryl/α,β-unsaturated/α-hetero) is 1. The first-order valence-corrected chi connectivity index (χ1v) is 8.97. The maximum Gasteiger partial charge on any atom is 0.273 e. The van der Waals surface area contributed by atoms with E-state index < -0.39 is 59.8 Å². The standard InChI is InChI=1S/C22H22F2N2O3/c1-4-22(23,24)16-7-5-6-15(12-16)13-19(27)20-14(2)25-26(21(20)28)17-8-10-18(29-3)11-9-17/h5-12,20H,4,13H2,1-3H3/i8D,9D,10D,11D. The Balaban J connectivity index is 1.91. The van der Waals surface area contributed by atoms with Crippen molar-refractivity contribution in [3.8, 4) is 5.75 Å². The molecule has 0 radical (unpaired) electrons. The van der Waals surface area contributed by atoms with Crippen LogP contribution in [0, 0.1) is 5.92 Å². The topological polar surface area (TPSA) is 59.0 Å². The predicted octanol–water partition coefficient (Wildman–Crippen LogP) is 4.35. The largest absolute Gasteiger partial charge is 0.497 e. The van der Waals surface area contributed by atoms with Crippen LogP contribution in [0.1, 0.15) is 36.9 Å². The molecule has 2 aromatic carbocycles. The fourth-order valence-electron chi connectivity index (χ4n) is 3.02. The molecule has 1 heterocycles. The first-order chi connectivity index (χ1) is 15.4. The Morgan fingerprint density at radius 2 is 2.00 bits per heavy atom. The summed E-state index contributed by atoms with van der Waals surface area (Å²) >= 11 is 0. The number of rotatable bonds is 7. The van der Waals surface area contributed by atoms with Crippen LogP contribution in [0.25, 0.3) is 0 Å². The molecule has 3 rings (SSSR count). The number of hydrogen-bond acceptors (Lipinski definition) is 4. The molecule has 1 atom stereocenters. The van der Waals surface area contributed by atoms with E-state index in [9.17, 15) is 18.4 Å². The molecule has 0 fully saturated rings. The molecule has 0 saturated carbocycles. The van der Waals surface area contributed by atoms with Gasteiger partial charge in [0.1, 0.15) is 11.7 Å². The van der Waals surface area contributed by atoms with Crippen LogP contribution in [0.2, 0.25) is 0 Å². The van der Waals surface area contributed by atoms with Crippen LogP contribution in [-0.4, -0.2) is 24.5 Å². The summed E-state index contributed by atoms with van der Waals surface area (Å²) in [4.78, 5) is 26.0. The fourth-order valence-corrected chi connectivity index (χ4v) is 3.02. The van der Waals surface area contributed by atoms with E-state index in [1.54, 1.807) is 0 Å². The van der Waals surface area contributed by atoms with Gasteiger partial charge < -0.3 is 4.74 Å². The second-order valence-electron chi connectivity index (χ2n) is 6.61. The molecule has 1 unspecified atom stereocenters. The zero-order valence-electron chi connectivity index (χ0n) is 20.2. The highest BCUT2D eigenvalue weighted by atomic mass is 19.3. The lowest BCUT2D eigenvalue weighted by atomic mass is 9.92. The van der Waals surface area contributed by atoms with Crippen LogP contribution in [0.5, 0.6) is 5.75 Å². The van der Waals surface area contributed by atoms with Crippen LogP contribution < -0.4 is 9.75 Å². The van der Waals surface area contributed by atoms with E-state index in [2.05, 4.69) is 5.10 Å². The molecule has 1 aliphatic heterocycles. The lowest BCUT2D eigenvalue weighted by molar-refractivity contribution is -0.128. The smallest absolute Gasteiger partial charge is 0.273 e. The number of anilines is 1. The van der Waals surface area contributed by atoms with Gasteiger partial charge in [-0.25, -0.2) is 8.78 Å². The van der Waals surface area contributed by atoms with Gasteiger partial charge in [-0.1, -0.05) is 25.1 Å². The molecule has 1 aliphatic rings. The van der Waals surface area contributed by atoms with Crippen molar-refractivity contribution >= 4 is 23.1 Å². The third kappa shape index (κ3) is 4.18. The number of halogens is 2. The molecule has 0 aliphatic carbocycles. The molecule has 5 nitrogen and oxygen atoms in total. The predicted molar refractivity (Wildman–Crippen MR) is 106 cm³/mol. The second kappa shape index (κ2) is 8.11. The Morgan fingerprint density at radius 1 is 1.31 bits per heavy atom. The Hall–Kier alpha value is -3.09. The summed E-state index contributed by atoms with van der Waals surface area (Å²) in [5.41, 5.74) is -0.192. The molecule has 0 bridgehead atoms. The average Bonchev–Trinajstić information content (AvgIpc) is 3.06. The first kappa shape index (κ1) is 15.8. The lowest BCUT2D eigenvalue weighted by Crippen LogP contribution is -2.33. The van der Waals surface area contributed by atoms with Gasteiger partial charge in [0.25, 0.3) is 11.8 Å². The van der Waals surface area contributed by atoms with Gasteiger partial charge in [0.05, 0.1) is 24.0 Å².